The van der Waals surface area contributed by atoms with Crippen molar-refractivity contribution in [2.45, 2.75) is 40.5 Å². The first kappa shape index (κ1) is 12.0. The van der Waals surface area contributed by atoms with E-state index in [1.807, 2.05) is 19.1 Å². The minimum Gasteiger partial charge on any atom is -0.508 e. The SMILES string of the molecule is C.Cc1cc(C(C)(C)C)ccc1O. The fraction of sp³-hybridized carbons (Fsp3) is 0.500. The van der Waals surface area contributed by atoms with Gasteiger partial charge in [-0.15, -0.1) is 0 Å². The molecule has 0 bridgehead atoms. The molecule has 0 amide bonds. The first-order valence-electron chi connectivity index (χ1n) is 4.21. The van der Waals surface area contributed by atoms with Gasteiger partial charge in [0.15, 0.2) is 0 Å². The van der Waals surface area contributed by atoms with Crippen LogP contribution in [-0.2, 0) is 5.41 Å². The molecule has 0 aliphatic heterocycles. The second-order valence-electron chi connectivity index (χ2n) is 4.25. The van der Waals surface area contributed by atoms with Crippen LogP contribution in [0.1, 0.15) is 39.3 Å². The van der Waals surface area contributed by atoms with Crippen LogP contribution in [0.15, 0.2) is 18.2 Å². The third-order valence-corrected chi connectivity index (χ3v) is 2.06. The first-order valence-corrected chi connectivity index (χ1v) is 4.21. The molecule has 1 heteroatoms. The van der Waals surface area contributed by atoms with Crippen LogP contribution in [-0.4, -0.2) is 5.11 Å². The lowest BCUT2D eigenvalue weighted by Gasteiger charge is -2.19. The van der Waals surface area contributed by atoms with Gasteiger partial charge in [0.05, 0.1) is 0 Å². The molecule has 0 atom stereocenters. The number of aromatic hydroxyl groups is 1. The molecular formula is C12H20O. The van der Waals surface area contributed by atoms with Crippen molar-refractivity contribution in [3.63, 3.8) is 0 Å². The van der Waals surface area contributed by atoms with Gasteiger partial charge >= 0.3 is 0 Å². The molecule has 74 valence electrons. The van der Waals surface area contributed by atoms with Gasteiger partial charge in [-0.25, -0.2) is 0 Å². The van der Waals surface area contributed by atoms with Crippen molar-refractivity contribution in [3.8, 4) is 5.75 Å². The van der Waals surface area contributed by atoms with E-state index >= 15 is 0 Å². The number of hydrogen-bond acceptors (Lipinski definition) is 1. The van der Waals surface area contributed by atoms with Crippen LogP contribution in [0.5, 0.6) is 5.75 Å². The average molecular weight is 180 g/mol. The third kappa shape index (κ3) is 2.76. The fourth-order valence-electron chi connectivity index (χ4n) is 1.12. The zero-order valence-corrected chi connectivity index (χ0v) is 8.18. The van der Waals surface area contributed by atoms with Crippen molar-refractivity contribution in [1.82, 2.24) is 0 Å². The lowest BCUT2D eigenvalue weighted by molar-refractivity contribution is 0.469. The number of rotatable bonds is 0. The average Bonchev–Trinajstić information content (AvgIpc) is 1.92. The number of benzene rings is 1. The Hall–Kier alpha value is -0.980. The molecule has 1 rings (SSSR count). The topological polar surface area (TPSA) is 20.2 Å². The van der Waals surface area contributed by atoms with E-state index in [2.05, 4.69) is 20.8 Å². The summed E-state index contributed by atoms with van der Waals surface area (Å²) in [5, 5.41) is 9.31. The van der Waals surface area contributed by atoms with E-state index in [9.17, 15) is 5.11 Å². The molecule has 0 saturated heterocycles. The minimum absolute atomic E-state index is 0. The molecule has 0 fully saturated rings. The summed E-state index contributed by atoms with van der Waals surface area (Å²) in [7, 11) is 0. The maximum Gasteiger partial charge on any atom is 0.118 e. The Morgan fingerprint density at radius 1 is 1.15 bits per heavy atom. The van der Waals surface area contributed by atoms with Crippen LogP contribution in [0.4, 0.5) is 0 Å². The highest BCUT2D eigenvalue weighted by Gasteiger charge is 2.13. The third-order valence-electron chi connectivity index (χ3n) is 2.06. The van der Waals surface area contributed by atoms with E-state index in [1.165, 1.54) is 5.56 Å². The van der Waals surface area contributed by atoms with Crippen molar-refractivity contribution < 1.29 is 5.11 Å². The molecule has 0 radical (unpaired) electrons. The molecule has 0 heterocycles. The summed E-state index contributed by atoms with van der Waals surface area (Å²) in [5.74, 6) is 0.378. The molecule has 1 N–H and O–H groups in total. The summed E-state index contributed by atoms with van der Waals surface area (Å²) in [6.07, 6.45) is 0. The number of phenolic OH excluding ortho intramolecular Hbond substituents is 1. The highest BCUT2D eigenvalue weighted by molar-refractivity contribution is 5.37. The number of hydrogen-bond donors (Lipinski definition) is 1. The van der Waals surface area contributed by atoms with E-state index in [1.54, 1.807) is 6.07 Å². The Morgan fingerprint density at radius 2 is 1.69 bits per heavy atom. The highest BCUT2D eigenvalue weighted by Crippen LogP contribution is 2.26. The molecule has 1 aromatic rings. The van der Waals surface area contributed by atoms with Crippen molar-refractivity contribution in [3.05, 3.63) is 29.3 Å². The molecule has 13 heavy (non-hydrogen) atoms. The summed E-state index contributed by atoms with van der Waals surface area (Å²) < 4.78 is 0. The van der Waals surface area contributed by atoms with Gasteiger partial charge in [-0.3, -0.25) is 0 Å². The predicted octanol–water partition coefficient (Wildman–Crippen LogP) is 3.63. The van der Waals surface area contributed by atoms with Gasteiger partial charge in [0.1, 0.15) is 5.75 Å². The second kappa shape index (κ2) is 3.82. The lowest BCUT2D eigenvalue weighted by Crippen LogP contribution is -2.10. The van der Waals surface area contributed by atoms with Gasteiger partial charge in [-0.05, 0) is 29.5 Å². The molecule has 0 saturated carbocycles. The molecule has 0 unspecified atom stereocenters. The minimum atomic E-state index is 0. The monoisotopic (exact) mass is 180 g/mol. The first-order chi connectivity index (χ1) is 5.41. The van der Waals surface area contributed by atoms with Crippen LogP contribution in [0.2, 0.25) is 0 Å². The van der Waals surface area contributed by atoms with E-state index in [0.29, 0.717) is 5.75 Å². The Kier molecular flexibility index (Phi) is 3.53. The number of phenols is 1. The second-order valence-corrected chi connectivity index (χ2v) is 4.25. The zero-order valence-electron chi connectivity index (χ0n) is 8.18. The fourth-order valence-corrected chi connectivity index (χ4v) is 1.12. The summed E-state index contributed by atoms with van der Waals surface area (Å²) in [5.41, 5.74) is 2.37. The Morgan fingerprint density at radius 3 is 2.08 bits per heavy atom. The van der Waals surface area contributed by atoms with Gasteiger partial charge in [0.2, 0.25) is 0 Å². The van der Waals surface area contributed by atoms with E-state index in [4.69, 9.17) is 0 Å². The summed E-state index contributed by atoms with van der Waals surface area (Å²) in [6.45, 7) is 8.42. The van der Waals surface area contributed by atoms with Crippen molar-refractivity contribution >= 4 is 0 Å². The quantitative estimate of drug-likeness (QED) is 0.646. The van der Waals surface area contributed by atoms with Gasteiger partial charge in [0.25, 0.3) is 0 Å². The molecule has 0 spiro atoms. The molecule has 0 aliphatic carbocycles. The lowest BCUT2D eigenvalue weighted by atomic mass is 9.86. The van der Waals surface area contributed by atoms with Crippen LogP contribution in [0.25, 0.3) is 0 Å². The Labute approximate surface area is 81.4 Å². The van der Waals surface area contributed by atoms with Crippen LogP contribution in [0, 0.1) is 6.92 Å². The maximum absolute atomic E-state index is 9.31. The Balaban J connectivity index is 0.00000144. The summed E-state index contributed by atoms with van der Waals surface area (Å²) in [6, 6.07) is 5.77. The Bertz CT molecular complexity index is 282. The van der Waals surface area contributed by atoms with E-state index < -0.39 is 0 Å². The van der Waals surface area contributed by atoms with E-state index in [0.717, 1.165) is 5.56 Å². The predicted molar refractivity (Wildman–Crippen MR) is 58.3 cm³/mol. The molecule has 1 nitrogen and oxygen atoms in total. The normalized spacial score (nSPS) is 10.8. The molecule has 0 aliphatic rings. The molecule has 0 aromatic heterocycles. The standard InChI is InChI=1S/C11H16O.CH4/c1-8-7-9(11(2,3)4)5-6-10(8)12;/h5-7,12H,1-4H3;1H4. The van der Waals surface area contributed by atoms with Crippen LogP contribution in [0.3, 0.4) is 0 Å². The van der Waals surface area contributed by atoms with E-state index in [-0.39, 0.29) is 12.8 Å². The molecular weight excluding hydrogens is 160 g/mol. The zero-order chi connectivity index (χ0) is 9.35. The van der Waals surface area contributed by atoms with Gasteiger partial charge < -0.3 is 5.11 Å². The number of aryl methyl sites for hydroxylation is 1. The molecule has 1 aromatic carbocycles. The van der Waals surface area contributed by atoms with Crippen molar-refractivity contribution in [2.24, 2.45) is 0 Å². The maximum atomic E-state index is 9.31. The van der Waals surface area contributed by atoms with Crippen molar-refractivity contribution in [2.75, 3.05) is 0 Å². The van der Waals surface area contributed by atoms with Gasteiger partial charge in [0, 0.05) is 0 Å². The van der Waals surface area contributed by atoms with Gasteiger partial charge in [-0.1, -0.05) is 40.3 Å². The summed E-state index contributed by atoms with van der Waals surface area (Å²) >= 11 is 0. The van der Waals surface area contributed by atoms with Crippen molar-refractivity contribution in [1.29, 1.82) is 0 Å². The highest BCUT2D eigenvalue weighted by atomic mass is 16.3. The van der Waals surface area contributed by atoms with Crippen LogP contribution < -0.4 is 0 Å². The van der Waals surface area contributed by atoms with Gasteiger partial charge in [-0.2, -0.15) is 0 Å². The largest absolute Gasteiger partial charge is 0.508 e. The summed E-state index contributed by atoms with van der Waals surface area (Å²) in [4.78, 5) is 0. The smallest absolute Gasteiger partial charge is 0.118 e. The van der Waals surface area contributed by atoms with Crippen LogP contribution >= 0.6 is 0 Å².